The molecule has 0 unspecified atom stereocenters. The van der Waals surface area contributed by atoms with Gasteiger partial charge in [-0.15, -0.1) is 0 Å². The molecule has 0 saturated carbocycles. The molecule has 0 spiro atoms. The van der Waals surface area contributed by atoms with Gasteiger partial charge in [-0.25, -0.2) is 13.2 Å². The summed E-state index contributed by atoms with van der Waals surface area (Å²) in [6.45, 7) is 1.61. The van der Waals surface area contributed by atoms with E-state index >= 15 is 0 Å². The van der Waals surface area contributed by atoms with E-state index in [1.54, 1.807) is 0 Å². The minimum absolute atomic E-state index is 0.158. The lowest BCUT2D eigenvalue weighted by Gasteiger charge is -2.14. The molecule has 1 aromatic rings. The summed E-state index contributed by atoms with van der Waals surface area (Å²) >= 11 is 0. The predicted molar refractivity (Wildman–Crippen MR) is 59.5 cm³/mol. The third kappa shape index (κ3) is 2.44. The van der Waals surface area contributed by atoms with Gasteiger partial charge in [-0.2, -0.15) is 5.10 Å². The van der Waals surface area contributed by atoms with Crippen molar-refractivity contribution in [3.05, 3.63) is 29.6 Å². The normalized spacial score (nSPS) is 14.7. The first-order chi connectivity index (χ1) is 8.47. The van der Waals surface area contributed by atoms with Gasteiger partial charge in [0.25, 0.3) is 0 Å². The molecular weight excluding hydrogens is 247 g/mol. The smallest absolute Gasteiger partial charge is 0.222 e. The van der Waals surface area contributed by atoms with Crippen LogP contribution in [0.4, 0.5) is 18.9 Å². The number of hydrazone groups is 1. The predicted octanol–water partition coefficient (Wildman–Crippen LogP) is 1.76. The van der Waals surface area contributed by atoms with Crippen LogP contribution >= 0.6 is 0 Å². The van der Waals surface area contributed by atoms with E-state index in [0.29, 0.717) is 18.3 Å². The van der Waals surface area contributed by atoms with Crippen molar-refractivity contribution in [2.75, 3.05) is 11.6 Å². The van der Waals surface area contributed by atoms with Crippen LogP contribution in [0.15, 0.2) is 17.2 Å². The molecule has 1 heterocycles. The molecule has 1 N–H and O–H groups in total. The first kappa shape index (κ1) is 12.4. The van der Waals surface area contributed by atoms with Gasteiger partial charge in [0.2, 0.25) is 5.91 Å². The Morgan fingerprint density at radius 1 is 1.28 bits per heavy atom. The van der Waals surface area contributed by atoms with Crippen LogP contribution in [0.3, 0.4) is 0 Å². The van der Waals surface area contributed by atoms with Gasteiger partial charge < -0.3 is 5.32 Å². The zero-order chi connectivity index (χ0) is 13.3. The Hall–Kier alpha value is -2.05. The number of halogens is 3. The standard InChI is InChI=1S/C11H10F3N3O/c1-6(18)15-11-2-3-17(16-11)10-5-8(13)7(12)4-9(10)14/h4-5H,2-3H2,1H3,(H,15,16,18). The van der Waals surface area contributed by atoms with Crippen molar-refractivity contribution in [1.29, 1.82) is 0 Å². The molecule has 0 atom stereocenters. The van der Waals surface area contributed by atoms with Gasteiger partial charge in [-0.1, -0.05) is 0 Å². The van der Waals surface area contributed by atoms with Crippen LogP contribution in [-0.2, 0) is 4.79 Å². The molecule has 0 radical (unpaired) electrons. The van der Waals surface area contributed by atoms with Gasteiger partial charge in [-0.3, -0.25) is 9.80 Å². The lowest BCUT2D eigenvalue weighted by atomic mass is 10.2. The van der Waals surface area contributed by atoms with Gasteiger partial charge in [0.15, 0.2) is 17.5 Å². The largest absolute Gasteiger partial charge is 0.313 e. The van der Waals surface area contributed by atoms with Crippen LogP contribution in [0.2, 0.25) is 0 Å². The number of nitrogens with one attached hydrogen (secondary N) is 1. The molecule has 0 aromatic heterocycles. The fourth-order valence-electron chi connectivity index (χ4n) is 1.63. The summed E-state index contributed by atoms with van der Waals surface area (Å²) in [4.78, 5) is 10.8. The third-order valence-electron chi connectivity index (χ3n) is 2.39. The fourth-order valence-corrected chi connectivity index (χ4v) is 1.63. The molecule has 18 heavy (non-hydrogen) atoms. The second-order valence-corrected chi connectivity index (χ2v) is 3.82. The maximum atomic E-state index is 13.5. The van der Waals surface area contributed by atoms with Crippen molar-refractivity contribution in [2.24, 2.45) is 5.10 Å². The van der Waals surface area contributed by atoms with E-state index in [4.69, 9.17) is 0 Å². The molecular formula is C11H10F3N3O. The average Bonchev–Trinajstić information content (AvgIpc) is 2.70. The number of hydrogen-bond donors (Lipinski definition) is 1. The van der Waals surface area contributed by atoms with Gasteiger partial charge in [0, 0.05) is 32.0 Å². The number of amidine groups is 1. The van der Waals surface area contributed by atoms with Gasteiger partial charge in [-0.05, 0) is 0 Å². The van der Waals surface area contributed by atoms with E-state index < -0.39 is 17.5 Å². The molecule has 1 amide bonds. The van der Waals surface area contributed by atoms with Crippen molar-refractivity contribution in [3.63, 3.8) is 0 Å². The van der Waals surface area contributed by atoms with Crippen molar-refractivity contribution >= 4 is 17.4 Å². The van der Waals surface area contributed by atoms with E-state index in [-0.39, 0.29) is 18.1 Å². The summed E-state index contributed by atoms with van der Waals surface area (Å²) in [5.74, 6) is -3.22. The Morgan fingerprint density at radius 2 is 1.94 bits per heavy atom. The molecule has 0 bridgehead atoms. The second-order valence-electron chi connectivity index (χ2n) is 3.82. The second kappa shape index (κ2) is 4.67. The maximum absolute atomic E-state index is 13.5. The molecule has 0 saturated heterocycles. The van der Waals surface area contributed by atoms with Gasteiger partial charge in [0.1, 0.15) is 5.84 Å². The average molecular weight is 257 g/mol. The summed E-state index contributed by atoms with van der Waals surface area (Å²) < 4.78 is 39.3. The monoisotopic (exact) mass is 257 g/mol. The van der Waals surface area contributed by atoms with Crippen LogP contribution in [0.1, 0.15) is 13.3 Å². The molecule has 7 heteroatoms. The highest BCUT2D eigenvalue weighted by molar-refractivity contribution is 5.98. The third-order valence-corrected chi connectivity index (χ3v) is 2.39. The van der Waals surface area contributed by atoms with Crippen molar-refractivity contribution in [3.8, 4) is 0 Å². The minimum atomic E-state index is -1.25. The van der Waals surface area contributed by atoms with E-state index in [1.807, 2.05) is 0 Å². The number of rotatable bonds is 1. The summed E-state index contributed by atoms with van der Waals surface area (Å²) in [5, 5.41) is 7.57. The quantitative estimate of drug-likeness (QED) is 0.779. The Morgan fingerprint density at radius 3 is 2.61 bits per heavy atom. The van der Waals surface area contributed by atoms with Gasteiger partial charge in [0.05, 0.1) is 5.69 Å². The van der Waals surface area contributed by atoms with Crippen LogP contribution in [0.25, 0.3) is 0 Å². The first-order valence-electron chi connectivity index (χ1n) is 5.24. The Labute approximate surface area is 101 Å². The van der Waals surface area contributed by atoms with Crippen LogP contribution in [-0.4, -0.2) is 18.3 Å². The molecule has 0 fully saturated rings. The Kier molecular flexibility index (Phi) is 3.22. The zero-order valence-corrected chi connectivity index (χ0v) is 9.51. The number of carbonyl (C=O) groups excluding carboxylic acids is 1. The molecule has 1 aromatic carbocycles. The molecule has 4 nitrogen and oxygen atoms in total. The molecule has 0 aliphatic carbocycles. The highest BCUT2D eigenvalue weighted by Crippen LogP contribution is 2.25. The fraction of sp³-hybridized carbons (Fsp3) is 0.273. The number of amides is 1. The van der Waals surface area contributed by atoms with E-state index in [1.165, 1.54) is 11.9 Å². The van der Waals surface area contributed by atoms with Crippen LogP contribution in [0, 0.1) is 17.5 Å². The molecule has 2 rings (SSSR count). The van der Waals surface area contributed by atoms with E-state index in [0.717, 1.165) is 6.07 Å². The van der Waals surface area contributed by atoms with Crippen LogP contribution in [0.5, 0.6) is 0 Å². The number of carbonyl (C=O) groups is 1. The van der Waals surface area contributed by atoms with E-state index in [9.17, 15) is 18.0 Å². The van der Waals surface area contributed by atoms with Crippen LogP contribution < -0.4 is 10.3 Å². The van der Waals surface area contributed by atoms with Gasteiger partial charge >= 0.3 is 0 Å². The Balaban J connectivity index is 2.26. The Bertz CT molecular complexity index is 531. The van der Waals surface area contributed by atoms with Crippen molar-refractivity contribution < 1.29 is 18.0 Å². The highest BCUT2D eigenvalue weighted by Gasteiger charge is 2.21. The number of hydrogen-bond acceptors (Lipinski definition) is 3. The molecule has 1 aliphatic heterocycles. The summed E-state index contributed by atoms with van der Waals surface area (Å²) in [6, 6.07) is 1.21. The SMILES string of the molecule is CC(=O)NC1=NN(c2cc(F)c(F)cc2F)CC1. The zero-order valence-electron chi connectivity index (χ0n) is 9.51. The van der Waals surface area contributed by atoms with Crippen molar-refractivity contribution in [2.45, 2.75) is 13.3 Å². The number of nitrogens with zero attached hydrogens (tertiary/aromatic N) is 2. The van der Waals surface area contributed by atoms with Crippen molar-refractivity contribution in [1.82, 2.24) is 5.32 Å². The molecule has 96 valence electrons. The summed E-state index contributed by atoms with van der Waals surface area (Å²) in [7, 11) is 0. The minimum Gasteiger partial charge on any atom is -0.313 e. The summed E-state index contributed by atoms with van der Waals surface area (Å²) in [5.41, 5.74) is -0.158. The highest BCUT2D eigenvalue weighted by atomic mass is 19.2. The lowest BCUT2D eigenvalue weighted by Crippen LogP contribution is -2.26. The first-order valence-corrected chi connectivity index (χ1v) is 5.24. The number of anilines is 1. The maximum Gasteiger partial charge on any atom is 0.222 e. The summed E-state index contributed by atoms with van der Waals surface area (Å²) in [6.07, 6.45) is 0.401. The molecule has 1 aliphatic rings. The topological polar surface area (TPSA) is 44.7 Å². The lowest BCUT2D eigenvalue weighted by molar-refractivity contribution is -0.117. The number of benzene rings is 1. The van der Waals surface area contributed by atoms with E-state index in [2.05, 4.69) is 10.4 Å².